The first-order valence-corrected chi connectivity index (χ1v) is 15.8. The summed E-state index contributed by atoms with van der Waals surface area (Å²) in [5.74, 6) is 0.528. The van der Waals surface area contributed by atoms with Crippen molar-refractivity contribution in [3.63, 3.8) is 0 Å². The van der Waals surface area contributed by atoms with E-state index in [1.807, 2.05) is 11.9 Å². The molecule has 1 amide bonds. The molecule has 0 bridgehead atoms. The fourth-order valence-electron chi connectivity index (χ4n) is 6.79. The highest BCUT2D eigenvalue weighted by Crippen LogP contribution is 2.47. The Kier molecular flexibility index (Phi) is 7.94. The molecule has 11 heteroatoms. The molecule has 5 heterocycles. The van der Waals surface area contributed by atoms with Gasteiger partial charge in [-0.05, 0) is 61.7 Å². The highest BCUT2D eigenvalue weighted by atomic mass is 32.2. The smallest absolute Gasteiger partial charge is 0.236 e. The Labute approximate surface area is 256 Å². The minimum atomic E-state index is -0.588. The highest BCUT2D eigenvalue weighted by Gasteiger charge is 2.47. The summed E-state index contributed by atoms with van der Waals surface area (Å²) >= 11 is 1.50. The van der Waals surface area contributed by atoms with Crippen molar-refractivity contribution in [3.8, 4) is 6.07 Å². The van der Waals surface area contributed by atoms with E-state index in [0.717, 1.165) is 67.4 Å². The van der Waals surface area contributed by atoms with Crippen LogP contribution in [0.1, 0.15) is 38.2 Å². The van der Waals surface area contributed by atoms with Gasteiger partial charge in [-0.25, -0.2) is 8.78 Å². The summed E-state index contributed by atoms with van der Waals surface area (Å²) in [5.41, 5.74) is 3.81. The van der Waals surface area contributed by atoms with Gasteiger partial charge in [0, 0.05) is 52.3 Å². The number of piperidine rings is 1. The van der Waals surface area contributed by atoms with Crippen LogP contribution in [0.4, 0.5) is 8.78 Å². The first-order chi connectivity index (χ1) is 20.6. The second-order valence-corrected chi connectivity index (χ2v) is 13.6. The minimum absolute atomic E-state index is 0.0607. The Morgan fingerprint density at radius 3 is 2.49 bits per heavy atom. The van der Waals surface area contributed by atoms with E-state index < -0.39 is 6.17 Å². The fourth-order valence-corrected chi connectivity index (χ4v) is 7.96. The van der Waals surface area contributed by atoms with Gasteiger partial charge >= 0.3 is 0 Å². The summed E-state index contributed by atoms with van der Waals surface area (Å²) in [5, 5.41) is 13.2. The van der Waals surface area contributed by atoms with Crippen molar-refractivity contribution in [2.24, 2.45) is 5.41 Å². The minimum Gasteiger partial charge on any atom is -0.369 e. The maximum Gasteiger partial charge on any atom is 0.236 e. The number of fused-ring (bicyclic) bond motifs is 1. The quantitative estimate of drug-likeness (QED) is 0.488. The Hall–Kier alpha value is -3.49. The number of benzene rings is 1. The number of likely N-dealkylation sites (tertiary alicyclic amines) is 2. The van der Waals surface area contributed by atoms with E-state index in [4.69, 9.17) is 0 Å². The van der Waals surface area contributed by atoms with Crippen molar-refractivity contribution < 1.29 is 13.6 Å². The number of rotatable bonds is 7. The third-order valence-electron chi connectivity index (χ3n) is 9.43. The molecule has 0 radical (unpaired) electrons. The molecule has 2 fully saturated rings. The molecule has 0 saturated carbocycles. The Bertz CT molecular complexity index is 1440. The molecule has 0 aliphatic carbocycles. The van der Waals surface area contributed by atoms with Crippen LogP contribution in [0.5, 0.6) is 0 Å². The monoisotopic (exact) mass is 607 g/mol. The summed E-state index contributed by atoms with van der Waals surface area (Å²) in [7, 11) is 5.60. The van der Waals surface area contributed by atoms with Crippen LogP contribution in [-0.4, -0.2) is 95.8 Å². The predicted molar refractivity (Wildman–Crippen MR) is 164 cm³/mol. The molecule has 5 aliphatic rings. The zero-order chi connectivity index (χ0) is 30.5. The standard InChI is InChI=1S/C32H39F2N7OS/c1-5-26-31(38(4)29-15-24(27(16-35)43-29)21-6-8-22(33)9-7-21)41-17-23(14-25(34)30(41)36-26)40-19-32(20-40)10-12-39(13-11-32)18-28(42)37(2)3/h6-9,14,17,29-30,36H,5,10-13,15,18-20H2,1-4H3. The Morgan fingerprint density at radius 2 is 1.86 bits per heavy atom. The average molecular weight is 608 g/mol. The molecule has 43 heavy (non-hydrogen) atoms. The zero-order valence-corrected chi connectivity index (χ0v) is 26.1. The van der Waals surface area contributed by atoms with Crippen molar-refractivity contribution in [2.75, 3.05) is 53.9 Å². The lowest BCUT2D eigenvalue weighted by atomic mass is 9.71. The molecular weight excluding hydrogens is 568 g/mol. The maximum absolute atomic E-state index is 15.7. The molecule has 2 unspecified atom stereocenters. The van der Waals surface area contributed by atoms with Crippen LogP contribution in [0, 0.1) is 22.6 Å². The van der Waals surface area contributed by atoms with Crippen LogP contribution in [0.15, 0.2) is 64.5 Å². The van der Waals surface area contributed by atoms with E-state index in [2.05, 4.69) is 39.2 Å². The molecule has 5 aliphatic heterocycles. The fraction of sp³-hybridized carbons (Fsp3) is 0.500. The number of nitrogens with zero attached hydrogens (tertiary/aromatic N) is 6. The molecule has 228 valence electrons. The summed E-state index contributed by atoms with van der Waals surface area (Å²) in [6, 6.07) is 8.64. The van der Waals surface area contributed by atoms with E-state index in [9.17, 15) is 14.4 Å². The van der Waals surface area contributed by atoms with E-state index in [1.54, 1.807) is 37.2 Å². The van der Waals surface area contributed by atoms with Gasteiger partial charge in [0.15, 0.2) is 6.17 Å². The van der Waals surface area contributed by atoms with Gasteiger partial charge in [0.25, 0.3) is 0 Å². The van der Waals surface area contributed by atoms with Crippen LogP contribution in [0.3, 0.4) is 0 Å². The molecule has 0 aromatic heterocycles. The van der Waals surface area contributed by atoms with Gasteiger partial charge in [0.1, 0.15) is 23.5 Å². The molecule has 8 nitrogen and oxygen atoms in total. The molecule has 1 spiro atoms. The molecule has 6 rings (SSSR count). The lowest BCUT2D eigenvalue weighted by Crippen LogP contribution is -2.60. The van der Waals surface area contributed by atoms with Crippen LogP contribution < -0.4 is 5.32 Å². The van der Waals surface area contributed by atoms with Crippen molar-refractivity contribution in [3.05, 3.63) is 75.9 Å². The van der Waals surface area contributed by atoms with Gasteiger partial charge in [-0.3, -0.25) is 9.69 Å². The van der Waals surface area contributed by atoms with Crippen LogP contribution in [-0.2, 0) is 4.79 Å². The van der Waals surface area contributed by atoms with Gasteiger partial charge in [0.2, 0.25) is 5.91 Å². The van der Waals surface area contributed by atoms with Gasteiger partial charge in [0.05, 0.1) is 28.2 Å². The number of thioether (sulfide) groups is 1. The van der Waals surface area contributed by atoms with E-state index in [-0.39, 0.29) is 28.3 Å². The number of likely N-dealkylation sites (N-methyl/N-ethyl adjacent to an activating group) is 1. The third kappa shape index (κ3) is 5.51. The summed E-state index contributed by atoms with van der Waals surface area (Å²) < 4.78 is 29.2. The Morgan fingerprint density at radius 1 is 1.16 bits per heavy atom. The van der Waals surface area contributed by atoms with Gasteiger partial charge < -0.3 is 24.9 Å². The van der Waals surface area contributed by atoms with Crippen LogP contribution in [0.2, 0.25) is 0 Å². The molecular formula is C32H39F2N7OS. The van der Waals surface area contributed by atoms with Crippen LogP contribution in [0.25, 0.3) is 5.57 Å². The number of hydrogen-bond donors (Lipinski definition) is 1. The molecule has 1 N–H and O–H groups in total. The lowest BCUT2D eigenvalue weighted by Gasteiger charge is -2.55. The lowest BCUT2D eigenvalue weighted by molar-refractivity contribution is -0.131. The molecule has 1 aromatic rings. The van der Waals surface area contributed by atoms with E-state index in [1.165, 1.54) is 23.9 Å². The first kappa shape index (κ1) is 29.6. The maximum atomic E-state index is 15.7. The number of hydrogen-bond acceptors (Lipinski definition) is 8. The predicted octanol–water partition coefficient (Wildman–Crippen LogP) is 4.46. The molecule has 2 atom stereocenters. The normalized spacial score (nSPS) is 24.8. The zero-order valence-electron chi connectivity index (χ0n) is 25.2. The number of carbonyl (C=O) groups is 1. The summed E-state index contributed by atoms with van der Waals surface area (Å²) in [6.45, 7) is 6.11. The largest absolute Gasteiger partial charge is 0.369 e. The van der Waals surface area contributed by atoms with Crippen molar-refractivity contribution >= 4 is 23.2 Å². The summed E-state index contributed by atoms with van der Waals surface area (Å²) in [4.78, 5) is 23.1. The van der Waals surface area contributed by atoms with Gasteiger partial charge in [-0.1, -0.05) is 30.8 Å². The van der Waals surface area contributed by atoms with Crippen molar-refractivity contribution in [2.45, 2.75) is 44.1 Å². The van der Waals surface area contributed by atoms with E-state index >= 15 is 4.39 Å². The Balaban J connectivity index is 1.15. The van der Waals surface area contributed by atoms with Crippen molar-refractivity contribution in [1.29, 1.82) is 5.26 Å². The van der Waals surface area contributed by atoms with Crippen molar-refractivity contribution in [1.82, 2.24) is 29.8 Å². The average Bonchev–Trinajstić information content (AvgIpc) is 3.58. The highest BCUT2D eigenvalue weighted by molar-refractivity contribution is 8.04. The number of carbonyl (C=O) groups excluding carboxylic acids is 1. The number of amides is 1. The number of nitriles is 1. The SMILES string of the molecule is CCC1=C(N(C)C2CC(c3ccc(F)cc3)=C(C#N)S2)N2C=C(N3CC4(CCN(CC(=O)N(C)C)CC4)C3)C=C(F)C2N1. The second kappa shape index (κ2) is 11.5. The summed E-state index contributed by atoms with van der Waals surface area (Å²) in [6.07, 6.45) is 6.54. The topological polar surface area (TPSA) is 69.1 Å². The number of nitrogens with one attached hydrogen (secondary N) is 1. The van der Waals surface area contributed by atoms with Crippen LogP contribution >= 0.6 is 11.8 Å². The third-order valence-corrected chi connectivity index (χ3v) is 10.8. The number of halogens is 2. The second-order valence-electron chi connectivity index (χ2n) is 12.4. The van der Waals surface area contributed by atoms with E-state index in [0.29, 0.717) is 24.3 Å². The molecule has 2 saturated heterocycles. The first-order valence-electron chi connectivity index (χ1n) is 14.9. The number of allylic oxidation sites excluding steroid dienone is 3. The van der Waals surface area contributed by atoms with Gasteiger partial charge in [-0.15, -0.1) is 0 Å². The molecule has 1 aromatic carbocycles. The van der Waals surface area contributed by atoms with Gasteiger partial charge in [-0.2, -0.15) is 5.26 Å².